The molecule has 0 aromatic heterocycles. The average molecular weight is 330 g/mol. The Labute approximate surface area is 143 Å². The number of rotatable bonds is 4. The first-order valence-electron chi connectivity index (χ1n) is 8.85. The predicted octanol–water partition coefficient (Wildman–Crippen LogP) is 1.38. The maximum atomic E-state index is 12.7. The molecule has 3 aliphatic heterocycles. The first-order chi connectivity index (χ1) is 11.6. The molecule has 6 heteroatoms. The highest BCUT2D eigenvalue weighted by Gasteiger charge is 2.34. The van der Waals surface area contributed by atoms with E-state index in [0.717, 1.165) is 31.0 Å². The minimum Gasteiger partial charge on any atom is -0.389 e. The Morgan fingerprint density at radius 2 is 2.08 bits per heavy atom. The van der Waals surface area contributed by atoms with Crippen molar-refractivity contribution in [3.8, 4) is 0 Å². The lowest BCUT2D eigenvalue weighted by molar-refractivity contribution is -0.136. The van der Waals surface area contributed by atoms with Gasteiger partial charge in [0.25, 0.3) is 5.91 Å². The van der Waals surface area contributed by atoms with Crippen molar-refractivity contribution in [2.45, 2.75) is 45.3 Å². The van der Waals surface area contributed by atoms with Crippen LogP contribution in [0.25, 0.3) is 0 Å². The Morgan fingerprint density at radius 3 is 2.67 bits per heavy atom. The van der Waals surface area contributed by atoms with E-state index in [9.17, 15) is 9.90 Å². The lowest BCUT2D eigenvalue weighted by atomic mass is 10.1. The van der Waals surface area contributed by atoms with Crippen LogP contribution in [0, 0.1) is 0 Å². The normalized spacial score (nSPS) is 25.3. The summed E-state index contributed by atoms with van der Waals surface area (Å²) in [5.41, 5.74) is 1.35. The van der Waals surface area contributed by atoms with Crippen LogP contribution in [0.4, 0.5) is 0 Å². The molecule has 2 saturated heterocycles. The Morgan fingerprint density at radius 1 is 1.38 bits per heavy atom. The van der Waals surface area contributed by atoms with Crippen LogP contribution in [-0.2, 0) is 4.79 Å². The zero-order chi connectivity index (χ0) is 17.1. The third-order valence-electron chi connectivity index (χ3n) is 4.72. The van der Waals surface area contributed by atoms with Crippen LogP contribution in [0.1, 0.15) is 33.1 Å². The van der Waals surface area contributed by atoms with Crippen LogP contribution >= 0.6 is 0 Å². The van der Waals surface area contributed by atoms with E-state index < -0.39 is 6.10 Å². The molecule has 0 aromatic carbocycles. The van der Waals surface area contributed by atoms with Crippen LogP contribution < -0.4 is 0 Å². The van der Waals surface area contributed by atoms with Gasteiger partial charge in [-0.3, -0.25) is 9.79 Å². The molecule has 1 N–H and O–H groups in total. The molecular formula is C18H26N4O2. The molecule has 130 valence electrons. The molecule has 2 fully saturated rings. The SMILES string of the molecule is C/C=C\C(=N/C1=C(C(=O)N2CC(O)C2)C=NC1CC)N1CCCC1. The molecule has 0 spiro atoms. The van der Waals surface area contributed by atoms with Gasteiger partial charge in [0.1, 0.15) is 5.84 Å². The van der Waals surface area contributed by atoms with Crippen LogP contribution in [-0.4, -0.2) is 71.2 Å². The summed E-state index contributed by atoms with van der Waals surface area (Å²) in [6.45, 7) is 6.86. The molecule has 3 rings (SSSR count). The molecule has 3 heterocycles. The number of carbonyl (C=O) groups excluding carboxylic acids is 1. The first-order valence-corrected chi connectivity index (χ1v) is 8.85. The van der Waals surface area contributed by atoms with E-state index in [1.807, 2.05) is 19.1 Å². The number of aliphatic imine (C=N–C) groups is 2. The van der Waals surface area contributed by atoms with Gasteiger partial charge in [-0.1, -0.05) is 13.0 Å². The Kier molecular flexibility index (Phi) is 5.14. The third kappa shape index (κ3) is 3.29. The molecule has 1 atom stereocenters. The molecule has 6 nitrogen and oxygen atoms in total. The molecule has 0 aromatic rings. The number of allylic oxidation sites excluding steroid dienone is 1. The van der Waals surface area contributed by atoms with E-state index in [-0.39, 0.29) is 11.9 Å². The lowest BCUT2D eigenvalue weighted by Crippen LogP contribution is -2.54. The van der Waals surface area contributed by atoms with Crippen molar-refractivity contribution >= 4 is 18.0 Å². The average Bonchev–Trinajstić information content (AvgIpc) is 3.20. The quantitative estimate of drug-likeness (QED) is 0.625. The summed E-state index contributed by atoms with van der Waals surface area (Å²) in [5.74, 6) is 0.850. The van der Waals surface area contributed by atoms with Gasteiger partial charge in [-0.15, -0.1) is 0 Å². The van der Waals surface area contributed by atoms with Gasteiger partial charge in [-0.25, -0.2) is 4.99 Å². The van der Waals surface area contributed by atoms with Gasteiger partial charge in [0, 0.05) is 32.4 Å². The van der Waals surface area contributed by atoms with Crippen molar-refractivity contribution in [1.82, 2.24) is 9.80 Å². The maximum absolute atomic E-state index is 12.7. The number of carbonyl (C=O) groups is 1. The van der Waals surface area contributed by atoms with E-state index in [1.54, 1.807) is 11.1 Å². The van der Waals surface area contributed by atoms with E-state index in [2.05, 4.69) is 16.8 Å². The summed E-state index contributed by atoms with van der Waals surface area (Å²) in [6.07, 6.45) is 8.45. The number of amidine groups is 1. The van der Waals surface area contributed by atoms with E-state index in [4.69, 9.17) is 4.99 Å². The number of nitrogens with zero attached hydrogens (tertiary/aromatic N) is 4. The minimum absolute atomic E-state index is 0.0574. The van der Waals surface area contributed by atoms with Gasteiger partial charge in [-0.2, -0.15) is 0 Å². The number of aliphatic hydroxyl groups excluding tert-OH is 1. The second-order valence-corrected chi connectivity index (χ2v) is 6.53. The number of hydrogen-bond acceptors (Lipinski definition) is 4. The minimum atomic E-state index is -0.398. The van der Waals surface area contributed by atoms with Gasteiger partial charge >= 0.3 is 0 Å². The maximum Gasteiger partial charge on any atom is 0.257 e. The van der Waals surface area contributed by atoms with Crippen LogP contribution in [0.2, 0.25) is 0 Å². The van der Waals surface area contributed by atoms with E-state index >= 15 is 0 Å². The topological polar surface area (TPSA) is 68.5 Å². The zero-order valence-electron chi connectivity index (χ0n) is 14.5. The van der Waals surface area contributed by atoms with Crippen LogP contribution in [0.15, 0.2) is 33.4 Å². The fourth-order valence-electron chi connectivity index (χ4n) is 3.30. The second kappa shape index (κ2) is 7.30. The standard InChI is InChI=1S/C18H26N4O2/c1-3-7-16(21-8-5-6-9-21)20-17-14(10-19-15(17)4-2)18(24)22-11-13(23)12-22/h3,7,10,13,15,23H,4-6,8-9,11-12H2,1-2H3/b7-3-,20-16+. The van der Waals surface area contributed by atoms with Crippen molar-refractivity contribution in [1.29, 1.82) is 0 Å². The van der Waals surface area contributed by atoms with Gasteiger partial charge in [0.15, 0.2) is 0 Å². The molecule has 0 bridgehead atoms. The summed E-state index contributed by atoms with van der Waals surface area (Å²) in [4.78, 5) is 25.9. The molecule has 1 unspecified atom stereocenters. The highest BCUT2D eigenvalue weighted by molar-refractivity contribution is 6.15. The highest BCUT2D eigenvalue weighted by atomic mass is 16.3. The second-order valence-electron chi connectivity index (χ2n) is 6.53. The van der Waals surface area contributed by atoms with Gasteiger partial charge in [0.05, 0.1) is 23.4 Å². The predicted molar refractivity (Wildman–Crippen MR) is 95.2 cm³/mol. The number of amides is 1. The van der Waals surface area contributed by atoms with Crippen molar-refractivity contribution in [3.05, 3.63) is 23.4 Å². The molecule has 0 aliphatic carbocycles. The molecular weight excluding hydrogens is 304 g/mol. The van der Waals surface area contributed by atoms with E-state index in [1.165, 1.54) is 12.8 Å². The molecule has 1 amide bonds. The number of aliphatic hydroxyl groups is 1. The van der Waals surface area contributed by atoms with Crippen molar-refractivity contribution in [2.24, 2.45) is 9.98 Å². The highest BCUT2D eigenvalue weighted by Crippen LogP contribution is 2.26. The first kappa shape index (κ1) is 16.9. The summed E-state index contributed by atoms with van der Waals surface area (Å²) in [6, 6.07) is -0.0574. The zero-order valence-corrected chi connectivity index (χ0v) is 14.5. The fourth-order valence-corrected chi connectivity index (χ4v) is 3.30. The van der Waals surface area contributed by atoms with Crippen LogP contribution in [0.5, 0.6) is 0 Å². The number of likely N-dealkylation sites (tertiary alicyclic amines) is 2. The van der Waals surface area contributed by atoms with Crippen LogP contribution in [0.3, 0.4) is 0 Å². The Bertz CT molecular complexity index is 609. The Hall–Kier alpha value is -1.95. The largest absolute Gasteiger partial charge is 0.389 e. The molecule has 3 aliphatic rings. The van der Waals surface area contributed by atoms with Gasteiger partial charge < -0.3 is 14.9 Å². The molecule has 0 saturated carbocycles. The van der Waals surface area contributed by atoms with Gasteiger partial charge in [-0.05, 0) is 32.3 Å². The van der Waals surface area contributed by atoms with Crippen molar-refractivity contribution < 1.29 is 9.90 Å². The number of β-amino-alcohol motifs (C(OH)–C–C–N with tert-alkyl or cyclic N) is 1. The van der Waals surface area contributed by atoms with Crippen molar-refractivity contribution in [2.75, 3.05) is 26.2 Å². The molecule has 0 radical (unpaired) electrons. The van der Waals surface area contributed by atoms with Gasteiger partial charge in [0.2, 0.25) is 0 Å². The molecule has 24 heavy (non-hydrogen) atoms. The van der Waals surface area contributed by atoms with Crippen molar-refractivity contribution in [3.63, 3.8) is 0 Å². The summed E-state index contributed by atoms with van der Waals surface area (Å²) in [7, 11) is 0. The summed E-state index contributed by atoms with van der Waals surface area (Å²) in [5, 5.41) is 9.45. The smallest absolute Gasteiger partial charge is 0.257 e. The Balaban J connectivity index is 1.91. The fraction of sp³-hybridized carbons (Fsp3) is 0.611. The monoisotopic (exact) mass is 330 g/mol. The van der Waals surface area contributed by atoms with E-state index in [0.29, 0.717) is 18.7 Å². The summed E-state index contributed by atoms with van der Waals surface area (Å²) >= 11 is 0. The third-order valence-corrected chi connectivity index (χ3v) is 4.72. The lowest BCUT2D eigenvalue weighted by Gasteiger charge is -2.36. The summed E-state index contributed by atoms with van der Waals surface area (Å²) < 4.78 is 0. The number of hydrogen-bond donors (Lipinski definition) is 1.